The molecular formula is C28H36N2O5. The third-order valence-electron chi connectivity index (χ3n) is 5.61. The summed E-state index contributed by atoms with van der Waals surface area (Å²) in [5, 5.41) is 11.2. The summed E-state index contributed by atoms with van der Waals surface area (Å²) in [6.07, 6.45) is 0.747. The zero-order chi connectivity index (χ0) is 25.7. The summed E-state index contributed by atoms with van der Waals surface area (Å²) < 4.78 is 11.4. The number of ketones is 1. The highest BCUT2D eigenvalue weighted by molar-refractivity contribution is 6.46. The quantitative estimate of drug-likeness (QED) is 0.303. The summed E-state index contributed by atoms with van der Waals surface area (Å²) in [7, 11) is 3.93. The number of carbonyl (C=O) groups excluding carboxylic acids is 2. The minimum Gasteiger partial charge on any atom is -0.507 e. The molecule has 2 aromatic rings. The topological polar surface area (TPSA) is 79.3 Å². The van der Waals surface area contributed by atoms with Gasteiger partial charge in [-0.25, -0.2) is 0 Å². The maximum absolute atomic E-state index is 13.2. The molecule has 0 bridgehead atoms. The average Bonchev–Trinajstić information content (AvgIpc) is 3.04. The largest absolute Gasteiger partial charge is 0.507 e. The Labute approximate surface area is 207 Å². The second kappa shape index (κ2) is 11.4. The van der Waals surface area contributed by atoms with Crippen molar-refractivity contribution in [2.24, 2.45) is 0 Å². The van der Waals surface area contributed by atoms with Crippen LogP contribution < -0.4 is 9.47 Å². The van der Waals surface area contributed by atoms with E-state index < -0.39 is 17.7 Å². The number of ether oxygens (including phenoxy) is 2. The minimum atomic E-state index is -0.683. The zero-order valence-electron chi connectivity index (χ0n) is 21.4. The lowest BCUT2D eigenvalue weighted by atomic mass is 9.95. The number of benzene rings is 2. The Bertz CT molecular complexity index is 1060. The second-order valence-electron chi connectivity index (χ2n) is 9.58. The van der Waals surface area contributed by atoms with Gasteiger partial charge in [-0.1, -0.05) is 12.1 Å². The molecular weight excluding hydrogens is 444 g/mol. The average molecular weight is 481 g/mol. The van der Waals surface area contributed by atoms with Gasteiger partial charge >= 0.3 is 0 Å². The van der Waals surface area contributed by atoms with E-state index in [1.165, 1.54) is 0 Å². The van der Waals surface area contributed by atoms with Crippen LogP contribution in [0.3, 0.4) is 0 Å². The molecule has 1 N–H and O–H groups in total. The van der Waals surface area contributed by atoms with Crippen LogP contribution >= 0.6 is 0 Å². The van der Waals surface area contributed by atoms with E-state index in [1.807, 2.05) is 71.0 Å². The minimum absolute atomic E-state index is 0.0181. The van der Waals surface area contributed by atoms with Crippen LogP contribution in [0.2, 0.25) is 0 Å². The number of likely N-dealkylation sites (tertiary alicyclic amines) is 1. The fourth-order valence-corrected chi connectivity index (χ4v) is 4.13. The van der Waals surface area contributed by atoms with Crippen LogP contribution in [0.5, 0.6) is 11.5 Å². The number of Topliss-reactive ketones (excluding diaryl/α,β-unsaturated/α-hetero) is 1. The molecule has 1 amide bonds. The lowest BCUT2D eigenvalue weighted by molar-refractivity contribution is -0.139. The highest BCUT2D eigenvalue weighted by atomic mass is 16.5. The molecule has 1 aliphatic heterocycles. The number of carbonyl (C=O) groups is 2. The van der Waals surface area contributed by atoms with Crippen molar-refractivity contribution < 1.29 is 24.2 Å². The van der Waals surface area contributed by atoms with Crippen LogP contribution in [0.25, 0.3) is 5.76 Å². The molecule has 0 radical (unpaired) electrons. The SMILES string of the molecule is CC(C)Oc1ccc(C(O)=C2C(=O)C(=O)N(CCCN(C)C)[C@H]2c2ccc(OC(C)C)cc2)cc1. The number of hydrogen-bond donors (Lipinski definition) is 1. The van der Waals surface area contributed by atoms with Crippen molar-refractivity contribution in [3.05, 3.63) is 65.2 Å². The Balaban J connectivity index is 2.02. The van der Waals surface area contributed by atoms with Gasteiger partial charge in [-0.15, -0.1) is 0 Å². The summed E-state index contributed by atoms with van der Waals surface area (Å²) in [5.41, 5.74) is 1.29. The van der Waals surface area contributed by atoms with Crippen molar-refractivity contribution in [1.29, 1.82) is 0 Å². The molecule has 1 heterocycles. The molecule has 0 unspecified atom stereocenters. The number of amides is 1. The number of aliphatic hydroxyl groups is 1. The van der Waals surface area contributed by atoms with E-state index in [1.54, 1.807) is 29.2 Å². The van der Waals surface area contributed by atoms with Gasteiger partial charge < -0.3 is 24.4 Å². The summed E-state index contributed by atoms with van der Waals surface area (Å²) in [4.78, 5) is 29.8. The number of hydrogen-bond acceptors (Lipinski definition) is 6. The Kier molecular flexibility index (Phi) is 8.57. The van der Waals surface area contributed by atoms with Crippen LogP contribution in [0.15, 0.2) is 54.1 Å². The van der Waals surface area contributed by atoms with Gasteiger partial charge in [0.2, 0.25) is 0 Å². The summed E-state index contributed by atoms with van der Waals surface area (Å²) >= 11 is 0. The molecule has 188 valence electrons. The van der Waals surface area contributed by atoms with E-state index in [0.717, 1.165) is 12.1 Å². The first-order chi connectivity index (χ1) is 16.6. The highest BCUT2D eigenvalue weighted by Crippen LogP contribution is 2.40. The van der Waals surface area contributed by atoms with E-state index in [2.05, 4.69) is 0 Å². The molecule has 3 rings (SSSR count). The Morgan fingerprint density at radius 3 is 1.91 bits per heavy atom. The van der Waals surface area contributed by atoms with E-state index in [4.69, 9.17) is 9.47 Å². The maximum Gasteiger partial charge on any atom is 0.295 e. The van der Waals surface area contributed by atoms with Crippen molar-refractivity contribution in [2.45, 2.75) is 52.4 Å². The van der Waals surface area contributed by atoms with Crippen molar-refractivity contribution >= 4 is 17.4 Å². The van der Waals surface area contributed by atoms with Crippen LogP contribution in [0.1, 0.15) is 51.3 Å². The predicted molar refractivity (Wildman–Crippen MR) is 137 cm³/mol. The van der Waals surface area contributed by atoms with Crippen LogP contribution in [-0.2, 0) is 9.59 Å². The molecule has 1 fully saturated rings. The molecule has 1 aliphatic rings. The van der Waals surface area contributed by atoms with Gasteiger partial charge in [0.25, 0.3) is 11.7 Å². The molecule has 35 heavy (non-hydrogen) atoms. The molecule has 0 aliphatic carbocycles. The lowest BCUT2D eigenvalue weighted by Gasteiger charge is -2.26. The number of aliphatic hydroxyl groups excluding tert-OH is 1. The highest BCUT2D eigenvalue weighted by Gasteiger charge is 2.45. The van der Waals surface area contributed by atoms with E-state index >= 15 is 0 Å². The Morgan fingerprint density at radius 1 is 0.914 bits per heavy atom. The van der Waals surface area contributed by atoms with Gasteiger partial charge in [-0.2, -0.15) is 0 Å². The normalized spacial score (nSPS) is 17.6. The fraction of sp³-hybridized carbons (Fsp3) is 0.429. The molecule has 0 aromatic heterocycles. The fourth-order valence-electron chi connectivity index (χ4n) is 4.13. The van der Waals surface area contributed by atoms with Crippen molar-refractivity contribution in [2.75, 3.05) is 27.2 Å². The van der Waals surface area contributed by atoms with Crippen molar-refractivity contribution in [3.63, 3.8) is 0 Å². The molecule has 0 saturated carbocycles. The second-order valence-corrected chi connectivity index (χ2v) is 9.58. The first-order valence-electron chi connectivity index (χ1n) is 12.0. The molecule has 1 atom stereocenters. The predicted octanol–water partition coefficient (Wildman–Crippen LogP) is 4.63. The summed E-state index contributed by atoms with van der Waals surface area (Å²) in [6.45, 7) is 8.94. The smallest absolute Gasteiger partial charge is 0.295 e. The lowest BCUT2D eigenvalue weighted by Crippen LogP contribution is -2.32. The van der Waals surface area contributed by atoms with Crippen LogP contribution in [-0.4, -0.2) is 66.0 Å². The summed E-state index contributed by atoms with van der Waals surface area (Å²) in [5.74, 6) is -0.103. The number of rotatable bonds is 10. The Hall–Kier alpha value is -3.32. The van der Waals surface area contributed by atoms with Gasteiger partial charge in [0, 0.05) is 12.1 Å². The van der Waals surface area contributed by atoms with Crippen LogP contribution in [0.4, 0.5) is 0 Å². The Morgan fingerprint density at radius 2 is 1.43 bits per heavy atom. The van der Waals surface area contributed by atoms with E-state index in [0.29, 0.717) is 30.0 Å². The molecule has 7 nitrogen and oxygen atoms in total. The monoisotopic (exact) mass is 480 g/mol. The molecule has 7 heteroatoms. The third-order valence-corrected chi connectivity index (χ3v) is 5.61. The molecule has 1 saturated heterocycles. The van der Waals surface area contributed by atoms with E-state index in [-0.39, 0.29) is 23.5 Å². The van der Waals surface area contributed by atoms with Gasteiger partial charge in [0.1, 0.15) is 17.3 Å². The van der Waals surface area contributed by atoms with Gasteiger partial charge in [0.05, 0.1) is 23.8 Å². The van der Waals surface area contributed by atoms with E-state index in [9.17, 15) is 14.7 Å². The molecule has 0 spiro atoms. The standard InChI is InChI=1S/C28H36N2O5/c1-18(2)34-22-12-8-20(9-13-22)25-24(27(32)28(33)30(25)17-7-16-29(5)6)26(31)21-10-14-23(15-11-21)35-19(3)4/h8-15,18-19,25,31H,7,16-17H2,1-6H3/t25-/m0/s1. The first kappa shape index (κ1) is 26.3. The van der Waals surface area contributed by atoms with Gasteiger partial charge in [0.15, 0.2) is 0 Å². The first-order valence-corrected chi connectivity index (χ1v) is 12.0. The third kappa shape index (κ3) is 6.42. The zero-order valence-corrected chi connectivity index (χ0v) is 21.4. The molecule has 2 aromatic carbocycles. The van der Waals surface area contributed by atoms with Gasteiger partial charge in [-0.05, 0) is 96.7 Å². The van der Waals surface area contributed by atoms with Crippen molar-refractivity contribution in [1.82, 2.24) is 9.80 Å². The number of nitrogens with zero attached hydrogens (tertiary/aromatic N) is 2. The summed E-state index contributed by atoms with van der Waals surface area (Å²) in [6, 6.07) is 13.6. The van der Waals surface area contributed by atoms with Crippen molar-refractivity contribution in [3.8, 4) is 11.5 Å². The van der Waals surface area contributed by atoms with Crippen LogP contribution in [0, 0.1) is 0 Å². The maximum atomic E-state index is 13.2. The van der Waals surface area contributed by atoms with Gasteiger partial charge in [-0.3, -0.25) is 9.59 Å².